The van der Waals surface area contributed by atoms with E-state index in [2.05, 4.69) is 24.2 Å². The Morgan fingerprint density at radius 1 is 1.35 bits per heavy atom. The molecule has 0 saturated carbocycles. The van der Waals surface area contributed by atoms with Gasteiger partial charge in [-0.3, -0.25) is 9.48 Å². The molecule has 120 valence electrons. The molecule has 0 saturated heterocycles. The van der Waals surface area contributed by atoms with E-state index in [4.69, 9.17) is 4.42 Å². The maximum absolute atomic E-state index is 12.8. The first kappa shape index (κ1) is 15.6. The van der Waals surface area contributed by atoms with E-state index in [-0.39, 0.29) is 5.91 Å². The molecule has 1 amide bonds. The third-order valence-electron chi connectivity index (χ3n) is 3.56. The Balaban J connectivity index is 1.82. The summed E-state index contributed by atoms with van der Waals surface area (Å²) in [6.07, 6.45) is 5.04. The number of thiophene rings is 1. The Kier molecular flexibility index (Phi) is 4.62. The van der Waals surface area contributed by atoms with Crippen LogP contribution in [0.25, 0.3) is 0 Å². The highest BCUT2D eigenvalue weighted by Gasteiger charge is 2.20. The monoisotopic (exact) mass is 329 g/mol. The molecule has 0 unspecified atom stereocenters. The quantitative estimate of drug-likeness (QED) is 0.693. The van der Waals surface area contributed by atoms with E-state index in [1.54, 1.807) is 39.6 Å². The first-order valence-corrected chi connectivity index (χ1v) is 8.36. The molecule has 0 bridgehead atoms. The van der Waals surface area contributed by atoms with Crippen LogP contribution in [0.1, 0.15) is 32.8 Å². The molecular formula is C17H19N3O2S. The first-order chi connectivity index (χ1) is 11.2. The van der Waals surface area contributed by atoms with Crippen LogP contribution in [0.5, 0.6) is 0 Å². The largest absolute Gasteiger partial charge is 0.467 e. The van der Waals surface area contributed by atoms with E-state index in [0.717, 1.165) is 17.2 Å². The molecule has 6 heteroatoms. The van der Waals surface area contributed by atoms with Crippen LogP contribution in [0.2, 0.25) is 0 Å². The van der Waals surface area contributed by atoms with Crippen LogP contribution >= 0.6 is 11.3 Å². The molecule has 0 radical (unpaired) electrons. The molecule has 23 heavy (non-hydrogen) atoms. The van der Waals surface area contributed by atoms with Gasteiger partial charge >= 0.3 is 0 Å². The fraction of sp³-hybridized carbons (Fsp3) is 0.294. The molecule has 5 nitrogen and oxygen atoms in total. The number of furan rings is 1. The summed E-state index contributed by atoms with van der Waals surface area (Å²) in [6.45, 7) is 5.82. The SMILES string of the molecule is CCn1cc(C(=O)N(Cc2ccco2)Cc2ccc(C)s2)cn1. The van der Waals surface area contributed by atoms with Gasteiger partial charge in [-0.2, -0.15) is 5.10 Å². The van der Waals surface area contributed by atoms with Gasteiger partial charge in [0.05, 0.1) is 31.1 Å². The molecule has 3 aromatic heterocycles. The molecular weight excluding hydrogens is 310 g/mol. The van der Waals surface area contributed by atoms with Gasteiger partial charge in [-0.25, -0.2) is 0 Å². The predicted molar refractivity (Wildman–Crippen MR) is 89.2 cm³/mol. The van der Waals surface area contributed by atoms with Crippen LogP contribution in [0.15, 0.2) is 47.3 Å². The van der Waals surface area contributed by atoms with Crippen molar-refractivity contribution in [1.29, 1.82) is 0 Å². The van der Waals surface area contributed by atoms with Crippen molar-refractivity contribution in [2.75, 3.05) is 0 Å². The number of carbonyl (C=O) groups excluding carboxylic acids is 1. The standard InChI is InChI=1S/C17H19N3O2S/c1-3-20-10-14(9-18-20)17(21)19(11-15-5-4-8-22-15)12-16-7-6-13(2)23-16/h4-10H,3,11-12H2,1-2H3. The van der Waals surface area contributed by atoms with Crippen LogP contribution in [-0.4, -0.2) is 20.6 Å². The number of aromatic nitrogens is 2. The smallest absolute Gasteiger partial charge is 0.257 e. The second kappa shape index (κ2) is 6.83. The van der Waals surface area contributed by atoms with Crippen LogP contribution in [0, 0.1) is 6.92 Å². The lowest BCUT2D eigenvalue weighted by Gasteiger charge is -2.20. The van der Waals surface area contributed by atoms with E-state index in [1.165, 1.54) is 4.88 Å². The zero-order valence-electron chi connectivity index (χ0n) is 13.2. The molecule has 3 rings (SSSR count). The summed E-state index contributed by atoms with van der Waals surface area (Å²) >= 11 is 1.71. The number of aryl methyl sites for hydroxylation is 2. The molecule has 0 aliphatic carbocycles. The Bertz CT molecular complexity index is 773. The van der Waals surface area contributed by atoms with Crippen molar-refractivity contribution >= 4 is 17.2 Å². The van der Waals surface area contributed by atoms with Crippen molar-refractivity contribution in [2.45, 2.75) is 33.5 Å². The second-order valence-electron chi connectivity index (χ2n) is 5.34. The van der Waals surface area contributed by atoms with Crippen LogP contribution in [0.3, 0.4) is 0 Å². The summed E-state index contributed by atoms with van der Waals surface area (Å²) in [7, 11) is 0. The number of hydrogen-bond donors (Lipinski definition) is 0. The summed E-state index contributed by atoms with van der Waals surface area (Å²) in [5.41, 5.74) is 0.603. The van der Waals surface area contributed by atoms with Gasteiger partial charge in [0.15, 0.2) is 0 Å². The lowest BCUT2D eigenvalue weighted by atomic mass is 10.2. The summed E-state index contributed by atoms with van der Waals surface area (Å²) in [5, 5.41) is 4.19. The maximum Gasteiger partial charge on any atom is 0.257 e. The number of hydrogen-bond acceptors (Lipinski definition) is 4. The van der Waals surface area contributed by atoms with E-state index >= 15 is 0 Å². The summed E-state index contributed by atoms with van der Waals surface area (Å²) in [5.74, 6) is 0.738. The normalized spacial score (nSPS) is 10.9. The summed E-state index contributed by atoms with van der Waals surface area (Å²) in [4.78, 5) is 17.0. The zero-order valence-corrected chi connectivity index (χ0v) is 14.0. The second-order valence-corrected chi connectivity index (χ2v) is 6.71. The fourth-order valence-electron chi connectivity index (χ4n) is 2.38. The Labute approximate surface area is 139 Å². The van der Waals surface area contributed by atoms with E-state index in [1.807, 2.05) is 19.1 Å². The molecule has 3 aromatic rings. The molecule has 0 atom stereocenters. The highest BCUT2D eigenvalue weighted by atomic mass is 32.1. The summed E-state index contributed by atoms with van der Waals surface area (Å²) in [6, 6.07) is 7.86. The van der Waals surface area contributed by atoms with E-state index in [9.17, 15) is 4.79 Å². The molecule has 3 heterocycles. The van der Waals surface area contributed by atoms with Gasteiger partial charge in [0.1, 0.15) is 5.76 Å². The Morgan fingerprint density at radius 3 is 2.83 bits per heavy atom. The Hall–Kier alpha value is -2.34. The number of rotatable bonds is 6. The van der Waals surface area contributed by atoms with Crippen molar-refractivity contribution in [2.24, 2.45) is 0 Å². The average molecular weight is 329 g/mol. The number of carbonyl (C=O) groups is 1. The third kappa shape index (κ3) is 3.71. The van der Waals surface area contributed by atoms with Gasteiger partial charge in [-0.05, 0) is 38.1 Å². The average Bonchev–Trinajstić information content (AvgIpc) is 3.27. The minimum absolute atomic E-state index is 0.0350. The topological polar surface area (TPSA) is 51.3 Å². The first-order valence-electron chi connectivity index (χ1n) is 7.55. The van der Waals surface area contributed by atoms with Crippen LogP contribution < -0.4 is 0 Å². The maximum atomic E-state index is 12.8. The lowest BCUT2D eigenvalue weighted by Crippen LogP contribution is -2.29. The van der Waals surface area contributed by atoms with Gasteiger partial charge in [0.25, 0.3) is 5.91 Å². The van der Waals surface area contributed by atoms with Crippen molar-refractivity contribution < 1.29 is 9.21 Å². The van der Waals surface area contributed by atoms with Crippen LogP contribution in [0.4, 0.5) is 0 Å². The predicted octanol–water partition coefficient (Wildman–Crippen LogP) is 3.71. The molecule has 0 fully saturated rings. The number of nitrogens with zero attached hydrogens (tertiary/aromatic N) is 3. The van der Waals surface area contributed by atoms with Gasteiger partial charge in [-0.1, -0.05) is 0 Å². The summed E-state index contributed by atoms with van der Waals surface area (Å²) < 4.78 is 7.17. The highest BCUT2D eigenvalue weighted by molar-refractivity contribution is 7.11. The van der Waals surface area contributed by atoms with E-state index in [0.29, 0.717) is 18.7 Å². The minimum Gasteiger partial charge on any atom is -0.467 e. The highest BCUT2D eigenvalue weighted by Crippen LogP contribution is 2.20. The van der Waals surface area contributed by atoms with Crippen molar-refractivity contribution in [3.05, 3.63) is 64.0 Å². The van der Waals surface area contributed by atoms with E-state index < -0.39 is 0 Å². The van der Waals surface area contributed by atoms with Gasteiger partial charge < -0.3 is 9.32 Å². The van der Waals surface area contributed by atoms with Crippen molar-refractivity contribution in [3.63, 3.8) is 0 Å². The Morgan fingerprint density at radius 2 is 2.22 bits per heavy atom. The van der Waals surface area contributed by atoms with Crippen molar-refractivity contribution in [3.8, 4) is 0 Å². The molecule has 0 aliphatic heterocycles. The fourth-order valence-corrected chi connectivity index (χ4v) is 3.28. The molecule has 0 N–H and O–H groups in total. The minimum atomic E-state index is -0.0350. The zero-order chi connectivity index (χ0) is 16.2. The molecule has 0 spiro atoms. The lowest BCUT2D eigenvalue weighted by molar-refractivity contribution is 0.0719. The number of amides is 1. The van der Waals surface area contributed by atoms with Gasteiger partial charge in [-0.15, -0.1) is 11.3 Å². The molecule has 0 aliphatic rings. The van der Waals surface area contributed by atoms with Gasteiger partial charge in [0.2, 0.25) is 0 Å². The van der Waals surface area contributed by atoms with Crippen molar-refractivity contribution in [1.82, 2.24) is 14.7 Å². The van der Waals surface area contributed by atoms with Gasteiger partial charge in [0, 0.05) is 22.5 Å². The molecule has 0 aromatic carbocycles. The third-order valence-corrected chi connectivity index (χ3v) is 4.55. The van der Waals surface area contributed by atoms with Crippen LogP contribution in [-0.2, 0) is 19.6 Å².